The molecule has 136 valence electrons. The zero-order valence-electron chi connectivity index (χ0n) is 14.5. The van der Waals surface area contributed by atoms with Gasteiger partial charge in [0.05, 0.1) is 33.6 Å². The van der Waals surface area contributed by atoms with Crippen molar-refractivity contribution in [2.45, 2.75) is 0 Å². The van der Waals surface area contributed by atoms with Crippen molar-refractivity contribution in [2.24, 2.45) is 14.1 Å². The smallest absolute Gasteiger partial charge is 0.321 e. The second kappa shape index (κ2) is 6.51. The molecule has 0 saturated carbocycles. The summed E-state index contributed by atoms with van der Waals surface area (Å²) in [7, 11) is 3.39. The molecule has 27 heavy (non-hydrogen) atoms. The van der Waals surface area contributed by atoms with Gasteiger partial charge in [-0.15, -0.1) is 0 Å². The van der Waals surface area contributed by atoms with Crippen LogP contribution in [0, 0.1) is 0 Å². The summed E-state index contributed by atoms with van der Waals surface area (Å²) in [5.74, 6) is 0.365. The Bertz CT molecular complexity index is 1220. The molecule has 0 spiro atoms. The number of nitrogens with one attached hydrogen (secondary N) is 1. The Morgan fingerprint density at radius 2 is 1.85 bits per heavy atom. The molecule has 0 aliphatic carbocycles. The van der Waals surface area contributed by atoms with Crippen LogP contribution < -0.4 is 11.0 Å². The van der Waals surface area contributed by atoms with Crippen LogP contribution in [0.3, 0.4) is 0 Å². The number of halogens is 1. The van der Waals surface area contributed by atoms with Crippen molar-refractivity contribution in [3.8, 4) is 5.82 Å². The predicted octanol–water partition coefficient (Wildman–Crippen LogP) is 2.47. The van der Waals surface area contributed by atoms with E-state index < -0.39 is 0 Å². The van der Waals surface area contributed by atoms with E-state index in [0.717, 1.165) is 9.99 Å². The standard InChI is InChI=1S/C18H15BrN6O2/c1-23-14-5-3-11(7-15(14)24(2)18(23)27)17(26)22-13-4-6-16(20-9-13)25-10-12(19)8-21-25/h3-10H,1-2H3,(H,22,26). The van der Waals surface area contributed by atoms with E-state index in [1.54, 1.807) is 72.3 Å². The summed E-state index contributed by atoms with van der Waals surface area (Å²) < 4.78 is 5.55. The number of carbonyl (C=O) groups is 1. The number of imidazole rings is 1. The van der Waals surface area contributed by atoms with Gasteiger partial charge < -0.3 is 5.32 Å². The van der Waals surface area contributed by atoms with Gasteiger partial charge in [-0.2, -0.15) is 5.10 Å². The number of benzene rings is 1. The molecule has 0 atom stereocenters. The van der Waals surface area contributed by atoms with E-state index in [0.29, 0.717) is 22.6 Å². The Morgan fingerprint density at radius 1 is 1.07 bits per heavy atom. The van der Waals surface area contributed by atoms with Crippen molar-refractivity contribution in [1.82, 2.24) is 23.9 Å². The Morgan fingerprint density at radius 3 is 2.52 bits per heavy atom. The van der Waals surface area contributed by atoms with Gasteiger partial charge in [0.2, 0.25) is 0 Å². The molecule has 0 bridgehead atoms. The Kier molecular flexibility index (Phi) is 4.15. The minimum absolute atomic E-state index is 0.132. The number of carbonyl (C=O) groups excluding carboxylic acids is 1. The maximum absolute atomic E-state index is 12.6. The van der Waals surface area contributed by atoms with Crippen molar-refractivity contribution in [3.63, 3.8) is 0 Å². The van der Waals surface area contributed by atoms with Crippen molar-refractivity contribution in [1.29, 1.82) is 0 Å². The van der Waals surface area contributed by atoms with Crippen molar-refractivity contribution in [3.05, 3.63) is 69.4 Å². The molecule has 3 heterocycles. The fourth-order valence-electron chi connectivity index (χ4n) is 2.87. The first kappa shape index (κ1) is 17.2. The molecule has 1 amide bonds. The van der Waals surface area contributed by atoms with Crippen LogP contribution in [0.1, 0.15) is 10.4 Å². The number of rotatable bonds is 3. The molecule has 0 fully saturated rings. The van der Waals surface area contributed by atoms with Gasteiger partial charge in [-0.3, -0.25) is 13.9 Å². The minimum atomic E-state index is -0.274. The van der Waals surface area contributed by atoms with Crippen LogP contribution >= 0.6 is 15.9 Å². The lowest BCUT2D eigenvalue weighted by Gasteiger charge is -2.07. The maximum atomic E-state index is 12.6. The molecule has 1 N–H and O–H groups in total. The van der Waals surface area contributed by atoms with Crippen molar-refractivity contribution >= 4 is 38.6 Å². The fraction of sp³-hybridized carbons (Fsp3) is 0.111. The summed E-state index contributed by atoms with van der Waals surface area (Å²) in [6.07, 6.45) is 5.03. The lowest BCUT2D eigenvalue weighted by Crippen LogP contribution is -2.19. The van der Waals surface area contributed by atoms with Gasteiger partial charge in [0.15, 0.2) is 5.82 Å². The first-order chi connectivity index (χ1) is 12.9. The quantitative estimate of drug-likeness (QED) is 0.544. The van der Waals surface area contributed by atoms with Crippen LogP contribution in [0.4, 0.5) is 5.69 Å². The SMILES string of the molecule is Cn1c(=O)n(C)c2cc(C(=O)Nc3ccc(-n4cc(Br)cn4)nc3)ccc21. The van der Waals surface area contributed by atoms with Gasteiger partial charge in [-0.05, 0) is 46.3 Å². The number of fused-ring (bicyclic) bond motifs is 1. The minimum Gasteiger partial charge on any atom is -0.321 e. The summed E-state index contributed by atoms with van der Waals surface area (Å²) in [6, 6.07) is 8.68. The van der Waals surface area contributed by atoms with Crippen LogP contribution in [0.15, 0.2) is 58.2 Å². The molecular formula is C18H15BrN6O2. The van der Waals surface area contributed by atoms with Crippen molar-refractivity contribution < 1.29 is 4.79 Å². The second-order valence-electron chi connectivity index (χ2n) is 6.07. The zero-order chi connectivity index (χ0) is 19.1. The van der Waals surface area contributed by atoms with E-state index in [2.05, 4.69) is 31.3 Å². The Labute approximate surface area is 162 Å². The number of aryl methyl sites for hydroxylation is 2. The highest BCUT2D eigenvalue weighted by atomic mass is 79.9. The third-order valence-corrected chi connectivity index (χ3v) is 4.74. The summed E-state index contributed by atoms with van der Waals surface area (Å²) in [5.41, 5.74) is 2.37. The van der Waals surface area contributed by atoms with Gasteiger partial charge in [-0.1, -0.05) is 0 Å². The van der Waals surface area contributed by atoms with Gasteiger partial charge in [-0.25, -0.2) is 14.5 Å². The average molecular weight is 427 g/mol. The van der Waals surface area contributed by atoms with E-state index >= 15 is 0 Å². The fourth-order valence-corrected chi connectivity index (χ4v) is 3.16. The van der Waals surface area contributed by atoms with Crippen LogP contribution in [-0.4, -0.2) is 29.8 Å². The Balaban J connectivity index is 1.58. The second-order valence-corrected chi connectivity index (χ2v) is 6.98. The molecule has 9 heteroatoms. The monoisotopic (exact) mass is 426 g/mol. The highest BCUT2D eigenvalue weighted by Gasteiger charge is 2.12. The normalized spacial score (nSPS) is 11.1. The Hall–Kier alpha value is -3.20. The third-order valence-electron chi connectivity index (χ3n) is 4.33. The highest BCUT2D eigenvalue weighted by molar-refractivity contribution is 9.10. The van der Waals surface area contributed by atoms with Crippen LogP contribution in [0.5, 0.6) is 0 Å². The van der Waals surface area contributed by atoms with E-state index in [1.165, 1.54) is 4.57 Å². The summed E-state index contributed by atoms with van der Waals surface area (Å²) >= 11 is 3.34. The molecule has 0 aliphatic heterocycles. The largest absolute Gasteiger partial charge is 0.328 e. The van der Waals surface area contributed by atoms with E-state index in [-0.39, 0.29) is 11.6 Å². The lowest BCUT2D eigenvalue weighted by molar-refractivity contribution is 0.102. The molecule has 0 aliphatic rings. The van der Waals surface area contributed by atoms with Crippen molar-refractivity contribution in [2.75, 3.05) is 5.32 Å². The summed E-state index contributed by atoms with van der Waals surface area (Å²) in [4.78, 5) is 28.9. The third kappa shape index (κ3) is 3.06. The molecule has 8 nitrogen and oxygen atoms in total. The lowest BCUT2D eigenvalue weighted by atomic mass is 10.2. The molecule has 0 saturated heterocycles. The number of pyridine rings is 1. The van der Waals surface area contributed by atoms with E-state index in [4.69, 9.17) is 0 Å². The number of hydrogen-bond acceptors (Lipinski definition) is 4. The molecular weight excluding hydrogens is 412 g/mol. The molecule has 0 radical (unpaired) electrons. The molecule has 0 unspecified atom stereocenters. The average Bonchev–Trinajstić information content (AvgIpc) is 3.20. The number of anilines is 1. The first-order valence-electron chi connectivity index (χ1n) is 8.07. The maximum Gasteiger partial charge on any atom is 0.328 e. The van der Waals surface area contributed by atoms with Crippen LogP contribution in [0.2, 0.25) is 0 Å². The van der Waals surface area contributed by atoms with Gasteiger partial charge >= 0.3 is 5.69 Å². The number of aromatic nitrogens is 5. The van der Waals surface area contributed by atoms with Crippen LogP contribution in [0.25, 0.3) is 16.9 Å². The first-order valence-corrected chi connectivity index (χ1v) is 8.87. The number of amides is 1. The van der Waals surface area contributed by atoms with Gasteiger partial charge in [0.1, 0.15) is 0 Å². The predicted molar refractivity (Wildman–Crippen MR) is 105 cm³/mol. The molecule has 4 rings (SSSR count). The highest BCUT2D eigenvalue weighted by Crippen LogP contribution is 2.17. The van der Waals surface area contributed by atoms with Gasteiger partial charge in [0.25, 0.3) is 5.91 Å². The van der Waals surface area contributed by atoms with E-state index in [9.17, 15) is 9.59 Å². The molecule has 1 aromatic carbocycles. The number of hydrogen-bond donors (Lipinski definition) is 1. The van der Waals surface area contributed by atoms with E-state index in [1.807, 2.05) is 0 Å². The zero-order valence-corrected chi connectivity index (χ0v) is 16.1. The van der Waals surface area contributed by atoms with Crippen LogP contribution in [-0.2, 0) is 14.1 Å². The van der Waals surface area contributed by atoms with Gasteiger partial charge in [0, 0.05) is 25.9 Å². The topological polar surface area (TPSA) is 86.7 Å². The number of nitrogens with zero attached hydrogens (tertiary/aromatic N) is 5. The molecule has 4 aromatic rings. The molecule has 3 aromatic heterocycles. The summed E-state index contributed by atoms with van der Waals surface area (Å²) in [5, 5.41) is 6.97. The summed E-state index contributed by atoms with van der Waals surface area (Å²) in [6.45, 7) is 0.